The van der Waals surface area contributed by atoms with E-state index in [1.807, 2.05) is 19.9 Å². The van der Waals surface area contributed by atoms with Gasteiger partial charge in [-0.05, 0) is 26.0 Å². The largest absolute Gasteiger partial charge is 0.490 e. The van der Waals surface area contributed by atoms with Gasteiger partial charge in [0, 0.05) is 11.8 Å². The molecule has 0 heterocycles. The maximum Gasteiger partial charge on any atom is 0.320 e. The monoisotopic (exact) mass is 263 g/mol. The molecule has 1 rings (SSSR count). The van der Waals surface area contributed by atoms with Gasteiger partial charge in [0.2, 0.25) is 0 Å². The van der Waals surface area contributed by atoms with Gasteiger partial charge in [-0.2, -0.15) is 5.26 Å². The summed E-state index contributed by atoms with van der Waals surface area (Å²) in [5.41, 5.74) is 0.572. The van der Waals surface area contributed by atoms with E-state index in [0.29, 0.717) is 30.4 Å². The molecule has 0 aliphatic carbocycles. The lowest BCUT2D eigenvalue weighted by Crippen LogP contribution is -2.28. The fourth-order valence-corrected chi connectivity index (χ4v) is 1.42. The van der Waals surface area contributed by atoms with E-state index in [1.54, 1.807) is 18.2 Å². The Morgan fingerprint density at radius 1 is 1.26 bits per heavy atom. The van der Waals surface area contributed by atoms with Gasteiger partial charge in [0.25, 0.3) is 0 Å². The van der Waals surface area contributed by atoms with Crippen LogP contribution in [-0.4, -0.2) is 25.8 Å². The molecule has 2 N–H and O–H groups in total. The van der Waals surface area contributed by atoms with Gasteiger partial charge in [0.15, 0.2) is 11.5 Å². The molecule has 6 heteroatoms. The molecule has 2 amide bonds. The Labute approximate surface area is 112 Å². The molecule has 0 saturated carbocycles. The highest BCUT2D eigenvalue weighted by atomic mass is 16.5. The summed E-state index contributed by atoms with van der Waals surface area (Å²) in [7, 11) is 0. The zero-order chi connectivity index (χ0) is 14.1. The van der Waals surface area contributed by atoms with Gasteiger partial charge in [0.05, 0.1) is 19.3 Å². The molecular formula is C13H17N3O3. The minimum absolute atomic E-state index is 0.0405. The van der Waals surface area contributed by atoms with E-state index < -0.39 is 6.03 Å². The van der Waals surface area contributed by atoms with Crippen molar-refractivity contribution in [2.45, 2.75) is 13.8 Å². The Kier molecular flexibility index (Phi) is 6.03. The number of anilines is 1. The van der Waals surface area contributed by atoms with Crippen LogP contribution in [0.5, 0.6) is 11.5 Å². The van der Waals surface area contributed by atoms with Crippen LogP contribution in [0.2, 0.25) is 0 Å². The number of hydrogen-bond donors (Lipinski definition) is 2. The summed E-state index contributed by atoms with van der Waals surface area (Å²) in [5, 5.41) is 13.4. The topological polar surface area (TPSA) is 83.4 Å². The van der Waals surface area contributed by atoms with Gasteiger partial charge in [-0.1, -0.05) is 0 Å². The third-order valence-corrected chi connectivity index (χ3v) is 2.13. The van der Waals surface area contributed by atoms with Crippen LogP contribution in [0.3, 0.4) is 0 Å². The summed E-state index contributed by atoms with van der Waals surface area (Å²) in [6.45, 7) is 4.76. The predicted octanol–water partition coefficient (Wildman–Crippen LogP) is 2.13. The second-order valence-corrected chi connectivity index (χ2v) is 3.49. The highest BCUT2D eigenvalue weighted by molar-refractivity contribution is 5.89. The van der Waals surface area contributed by atoms with Gasteiger partial charge in [-0.15, -0.1) is 0 Å². The van der Waals surface area contributed by atoms with E-state index in [1.165, 1.54) is 0 Å². The molecule has 1 aromatic rings. The Bertz CT molecular complexity index is 469. The molecule has 0 fully saturated rings. The van der Waals surface area contributed by atoms with Crippen molar-refractivity contribution in [2.75, 3.05) is 25.1 Å². The summed E-state index contributed by atoms with van der Waals surface area (Å²) in [6, 6.07) is 6.51. The Morgan fingerprint density at radius 2 is 1.95 bits per heavy atom. The first-order chi connectivity index (χ1) is 9.21. The number of benzene rings is 1. The van der Waals surface area contributed by atoms with Crippen LogP contribution in [-0.2, 0) is 0 Å². The average molecular weight is 263 g/mol. The van der Waals surface area contributed by atoms with E-state index in [-0.39, 0.29) is 6.54 Å². The molecule has 1 aromatic carbocycles. The molecule has 0 radical (unpaired) electrons. The number of rotatable bonds is 6. The normalized spacial score (nSPS) is 9.32. The summed E-state index contributed by atoms with van der Waals surface area (Å²) in [6.07, 6.45) is 0. The smallest absolute Gasteiger partial charge is 0.320 e. The van der Waals surface area contributed by atoms with Crippen molar-refractivity contribution in [1.82, 2.24) is 5.32 Å². The number of ether oxygens (including phenoxy) is 2. The minimum atomic E-state index is -0.437. The highest BCUT2D eigenvalue weighted by Crippen LogP contribution is 2.30. The molecule has 0 atom stereocenters. The van der Waals surface area contributed by atoms with Crippen molar-refractivity contribution in [2.24, 2.45) is 0 Å². The first-order valence-electron chi connectivity index (χ1n) is 6.02. The zero-order valence-corrected chi connectivity index (χ0v) is 11.0. The molecule has 0 spiro atoms. The van der Waals surface area contributed by atoms with Gasteiger partial charge in [-0.3, -0.25) is 0 Å². The van der Waals surface area contributed by atoms with Crippen LogP contribution in [0.4, 0.5) is 10.5 Å². The van der Waals surface area contributed by atoms with Gasteiger partial charge < -0.3 is 20.1 Å². The third kappa shape index (κ3) is 4.76. The Hall–Kier alpha value is -2.42. The molecule has 6 nitrogen and oxygen atoms in total. The maximum atomic E-state index is 11.4. The first kappa shape index (κ1) is 14.6. The number of nitrogens with zero attached hydrogens (tertiary/aromatic N) is 1. The van der Waals surface area contributed by atoms with E-state index in [0.717, 1.165) is 0 Å². The number of urea groups is 1. The van der Waals surface area contributed by atoms with Crippen LogP contribution < -0.4 is 20.1 Å². The number of carbonyl (C=O) groups is 1. The second-order valence-electron chi connectivity index (χ2n) is 3.49. The maximum absolute atomic E-state index is 11.4. The summed E-state index contributed by atoms with van der Waals surface area (Å²) < 4.78 is 10.9. The number of nitrogens with one attached hydrogen (secondary N) is 2. The molecular weight excluding hydrogens is 246 g/mol. The average Bonchev–Trinajstić information content (AvgIpc) is 2.40. The molecule has 102 valence electrons. The molecule has 0 aromatic heterocycles. The fraction of sp³-hybridized carbons (Fsp3) is 0.385. The third-order valence-electron chi connectivity index (χ3n) is 2.13. The molecule has 0 aliphatic rings. The lowest BCUT2D eigenvalue weighted by molar-refractivity contribution is 0.253. The van der Waals surface area contributed by atoms with E-state index >= 15 is 0 Å². The van der Waals surface area contributed by atoms with Crippen molar-refractivity contribution < 1.29 is 14.3 Å². The Morgan fingerprint density at radius 3 is 2.58 bits per heavy atom. The van der Waals surface area contributed by atoms with Crippen LogP contribution in [0.15, 0.2) is 18.2 Å². The van der Waals surface area contributed by atoms with E-state index in [4.69, 9.17) is 14.7 Å². The van der Waals surface area contributed by atoms with Crippen LogP contribution in [0.1, 0.15) is 13.8 Å². The minimum Gasteiger partial charge on any atom is -0.490 e. The molecule has 19 heavy (non-hydrogen) atoms. The van der Waals surface area contributed by atoms with Gasteiger partial charge in [0.1, 0.15) is 6.54 Å². The predicted molar refractivity (Wildman–Crippen MR) is 71.4 cm³/mol. The summed E-state index contributed by atoms with van der Waals surface area (Å²) >= 11 is 0. The van der Waals surface area contributed by atoms with E-state index in [2.05, 4.69) is 10.6 Å². The standard InChI is InChI=1S/C13H17N3O3/c1-3-18-11-6-5-10(9-12(11)19-4-2)16-13(17)15-8-7-14/h5-6,9H,3-4,8H2,1-2H3,(H2,15,16,17). The van der Waals surface area contributed by atoms with Crippen LogP contribution in [0.25, 0.3) is 0 Å². The highest BCUT2D eigenvalue weighted by Gasteiger charge is 2.07. The molecule has 0 unspecified atom stereocenters. The number of hydrogen-bond acceptors (Lipinski definition) is 4. The van der Waals surface area contributed by atoms with Gasteiger partial charge >= 0.3 is 6.03 Å². The number of carbonyl (C=O) groups excluding carboxylic acids is 1. The molecule has 0 bridgehead atoms. The van der Waals surface area contributed by atoms with Crippen LogP contribution >= 0.6 is 0 Å². The number of amides is 2. The summed E-state index contributed by atoms with van der Waals surface area (Å²) in [5.74, 6) is 1.20. The SMILES string of the molecule is CCOc1ccc(NC(=O)NCC#N)cc1OCC. The van der Waals surface area contributed by atoms with Crippen LogP contribution in [0, 0.1) is 11.3 Å². The Balaban J connectivity index is 2.77. The fourth-order valence-electron chi connectivity index (χ4n) is 1.42. The van der Waals surface area contributed by atoms with Crippen molar-refractivity contribution in [3.05, 3.63) is 18.2 Å². The molecule has 0 saturated heterocycles. The number of nitriles is 1. The molecule has 0 aliphatic heterocycles. The van der Waals surface area contributed by atoms with Crippen molar-refractivity contribution in [3.8, 4) is 17.6 Å². The van der Waals surface area contributed by atoms with Crippen molar-refractivity contribution in [1.29, 1.82) is 5.26 Å². The van der Waals surface area contributed by atoms with Gasteiger partial charge in [-0.25, -0.2) is 4.79 Å². The first-order valence-corrected chi connectivity index (χ1v) is 6.02. The van der Waals surface area contributed by atoms with E-state index in [9.17, 15) is 4.79 Å². The lowest BCUT2D eigenvalue weighted by atomic mass is 10.2. The lowest BCUT2D eigenvalue weighted by Gasteiger charge is -2.13. The zero-order valence-electron chi connectivity index (χ0n) is 11.0. The summed E-state index contributed by atoms with van der Waals surface area (Å²) in [4.78, 5) is 11.4. The quantitative estimate of drug-likeness (QED) is 0.770. The second kappa shape index (κ2) is 7.82. The van der Waals surface area contributed by atoms with Crippen molar-refractivity contribution in [3.63, 3.8) is 0 Å². The van der Waals surface area contributed by atoms with Crippen molar-refractivity contribution >= 4 is 11.7 Å².